The summed E-state index contributed by atoms with van der Waals surface area (Å²) in [5.41, 5.74) is 7.02. The topological polar surface area (TPSA) is 95.1 Å². The number of halogens is 1. The predicted octanol–water partition coefficient (Wildman–Crippen LogP) is 1.54. The molecule has 0 aliphatic heterocycles. The molecule has 4 rings (SSSR count). The molecule has 8 heteroatoms. The number of nitrogens with two attached hydrogens (primary N) is 1. The Hall–Kier alpha value is -1.99. The minimum Gasteiger partial charge on any atom is -0.332 e. The summed E-state index contributed by atoms with van der Waals surface area (Å²) in [5, 5.41) is 3.99. The van der Waals surface area contributed by atoms with Crippen LogP contribution in [0.5, 0.6) is 0 Å². The quantitative estimate of drug-likeness (QED) is 0.770. The lowest BCUT2D eigenvalue weighted by Crippen LogP contribution is -2.44. The van der Waals surface area contributed by atoms with E-state index in [4.69, 9.17) is 10.3 Å². The van der Waals surface area contributed by atoms with Crippen LogP contribution in [0.25, 0.3) is 17.2 Å². The molecule has 0 unspecified atom stereocenters. The molecule has 3 aromatic rings. The molecule has 1 aliphatic rings. The summed E-state index contributed by atoms with van der Waals surface area (Å²) >= 11 is 0. The standard InChI is InChI=1S/C12H12N6O.ClH/c13-12(2-1-3-12)11-16-10(19-17-11)8-9-15-5-7-18(9)6-4-14-8;/h4-7H,1-3,13H2;1H. The van der Waals surface area contributed by atoms with E-state index in [2.05, 4.69) is 20.1 Å². The monoisotopic (exact) mass is 292 g/mol. The van der Waals surface area contributed by atoms with Crippen molar-refractivity contribution in [2.45, 2.75) is 24.8 Å². The van der Waals surface area contributed by atoms with Gasteiger partial charge in [-0.3, -0.25) is 0 Å². The van der Waals surface area contributed by atoms with Gasteiger partial charge in [-0.25, -0.2) is 9.97 Å². The molecule has 0 bridgehead atoms. The van der Waals surface area contributed by atoms with Gasteiger partial charge in [0.25, 0.3) is 5.89 Å². The molecule has 1 saturated carbocycles. The van der Waals surface area contributed by atoms with Crippen molar-refractivity contribution in [1.82, 2.24) is 24.5 Å². The highest BCUT2D eigenvalue weighted by molar-refractivity contribution is 5.85. The van der Waals surface area contributed by atoms with Crippen LogP contribution in [0.15, 0.2) is 29.3 Å². The number of rotatable bonds is 2. The molecule has 3 aromatic heterocycles. The van der Waals surface area contributed by atoms with Crippen LogP contribution in [0.1, 0.15) is 25.1 Å². The highest BCUT2D eigenvalue weighted by Crippen LogP contribution is 2.37. The van der Waals surface area contributed by atoms with Crippen LogP contribution in [-0.2, 0) is 5.54 Å². The first-order valence-electron chi connectivity index (χ1n) is 6.17. The van der Waals surface area contributed by atoms with E-state index < -0.39 is 5.54 Å². The molecule has 3 heterocycles. The molecule has 0 radical (unpaired) electrons. The summed E-state index contributed by atoms with van der Waals surface area (Å²) in [7, 11) is 0. The summed E-state index contributed by atoms with van der Waals surface area (Å²) in [4.78, 5) is 12.9. The third-order valence-corrected chi connectivity index (χ3v) is 3.63. The fourth-order valence-electron chi connectivity index (χ4n) is 2.31. The molecule has 1 aliphatic carbocycles. The van der Waals surface area contributed by atoms with E-state index in [9.17, 15) is 0 Å². The third kappa shape index (κ3) is 1.78. The Bertz CT molecular complexity index is 747. The smallest absolute Gasteiger partial charge is 0.280 e. The summed E-state index contributed by atoms with van der Waals surface area (Å²) in [6.45, 7) is 0. The van der Waals surface area contributed by atoms with Crippen LogP contribution in [-0.4, -0.2) is 24.5 Å². The molecule has 1 fully saturated rings. The summed E-state index contributed by atoms with van der Waals surface area (Å²) in [6.07, 6.45) is 9.94. The second-order valence-corrected chi connectivity index (χ2v) is 4.87. The van der Waals surface area contributed by atoms with Crippen LogP contribution < -0.4 is 5.73 Å². The molecule has 20 heavy (non-hydrogen) atoms. The zero-order valence-electron chi connectivity index (χ0n) is 10.6. The highest BCUT2D eigenvalue weighted by atomic mass is 35.5. The van der Waals surface area contributed by atoms with Gasteiger partial charge < -0.3 is 14.7 Å². The Morgan fingerprint density at radius 2 is 1.95 bits per heavy atom. The van der Waals surface area contributed by atoms with E-state index in [1.165, 1.54) is 0 Å². The van der Waals surface area contributed by atoms with Crippen LogP contribution in [0.4, 0.5) is 0 Å². The first kappa shape index (κ1) is 13.0. The van der Waals surface area contributed by atoms with Crippen LogP contribution in [0.3, 0.4) is 0 Å². The van der Waals surface area contributed by atoms with Crippen molar-refractivity contribution in [3.05, 3.63) is 30.6 Å². The minimum atomic E-state index is -0.428. The number of imidazole rings is 1. The van der Waals surface area contributed by atoms with E-state index in [1.807, 2.05) is 16.8 Å². The Labute approximate surface area is 120 Å². The molecular weight excluding hydrogens is 280 g/mol. The van der Waals surface area contributed by atoms with Gasteiger partial charge in [-0.2, -0.15) is 4.98 Å². The van der Waals surface area contributed by atoms with Crippen molar-refractivity contribution in [1.29, 1.82) is 0 Å². The van der Waals surface area contributed by atoms with Gasteiger partial charge in [0.2, 0.25) is 0 Å². The Kier molecular flexibility index (Phi) is 2.95. The zero-order chi connectivity index (χ0) is 12.9. The Balaban J connectivity index is 0.00000121. The second-order valence-electron chi connectivity index (χ2n) is 4.87. The lowest BCUT2D eigenvalue weighted by atomic mass is 9.77. The average molecular weight is 293 g/mol. The SMILES string of the molecule is Cl.NC1(c2noc(-c3nccn4ccnc34)n2)CCC1. The number of hydrogen-bond acceptors (Lipinski definition) is 6. The fraction of sp³-hybridized carbons (Fsp3) is 0.333. The highest BCUT2D eigenvalue weighted by Gasteiger charge is 2.39. The predicted molar refractivity (Wildman–Crippen MR) is 73.2 cm³/mol. The largest absolute Gasteiger partial charge is 0.332 e. The summed E-state index contributed by atoms with van der Waals surface area (Å²) in [5.74, 6) is 0.924. The number of hydrogen-bond donors (Lipinski definition) is 1. The third-order valence-electron chi connectivity index (χ3n) is 3.63. The first-order chi connectivity index (χ1) is 9.26. The van der Waals surface area contributed by atoms with Crippen molar-refractivity contribution in [3.8, 4) is 11.6 Å². The van der Waals surface area contributed by atoms with Gasteiger partial charge in [-0.05, 0) is 19.3 Å². The minimum absolute atomic E-state index is 0. The van der Waals surface area contributed by atoms with Crippen LogP contribution in [0.2, 0.25) is 0 Å². The van der Waals surface area contributed by atoms with Crippen molar-refractivity contribution < 1.29 is 4.52 Å². The van der Waals surface area contributed by atoms with E-state index in [-0.39, 0.29) is 12.4 Å². The van der Waals surface area contributed by atoms with Crippen LogP contribution in [0, 0.1) is 0 Å². The maximum absolute atomic E-state index is 6.18. The number of aromatic nitrogens is 5. The zero-order valence-corrected chi connectivity index (χ0v) is 11.4. The Morgan fingerprint density at radius 3 is 2.65 bits per heavy atom. The molecular formula is C12H13ClN6O. The van der Waals surface area contributed by atoms with Crippen molar-refractivity contribution in [3.63, 3.8) is 0 Å². The van der Waals surface area contributed by atoms with Gasteiger partial charge in [0.05, 0.1) is 5.54 Å². The maximum atomic E-state index is 6.18. The van der Waals surface area contributed by atoms with Crippen molar-refractivity contribution in [2.75, 3.05) is 0 Å². The van der Waals surface area contributed by atoms with E-state index in [0.29, 0.717) is 23.1 Å². The molecule has 0 spiro atoms. The molecule has 104 valence electrons. The van der Waals surface area contributed by atoms with Gasteiger partial charge in [0.15, 0.2) is 17.2 Å². The molecule has 0 saturated heterocycles. The number of nitrogens with zero attached hydrogens (tertiary/aromatic N) is 5. The van der Waals surface area contributed by atoms with Crippen LogP contribution >= 0.6 is 12.4 Å². The number of fused-ring (bicyclic) bond motifs is 1. The van der Waals surface area contributed by atoms with Gasteiger partial charge in [-0.1, -0.05) is 5.16 Å². The Morgan fingerprint density at radius 1 is 1.20 bits per heavy atom. The summed E-state index contributed by atoms with van der Waals surface area (Å²) < 4.78 is 7.15. The molecule has 2 N–H and O–H groups in total. The first-order valence-corrected chi connectivity index (χ1v) is 6.17. The molecule has 0 atom stereocenters. The fourth-order valence-corrected chi connectivity index (χ4v) is 2.31. The van der Waals surface area contributed by atoms with Gasteiger partial charge in [0.1, 0.15) is 0 Å². The second kappa shape index (κ2) is 4.53. The lowest BCUT2D eigenvalue weighted by molar-refractivity contribution is 0.229. The molecule has 7 nitrogen and oxygen atoms in total. The van der Waals surface area contributed by atoms with Gasteiger partial charge in [-0.15, -0.1) is 12.4 Å². The van der Waals surface area contributed by atoms with E-state index in [1.54, 1.807) is 12.4 Å². The van der Waals surface area contributed by atoms with E-state index >= 15 is 0 Å². The molecule has 0 amide bonds. The van der Waals surface area contributed by atoms with Gasteiger partial charge in [0, 0.05) is 24.8 Å². The summed E-state index contributed by atoms with van der Waals surface area (Å²) in [6, 6.07) is 0. The van der Waals surface area contributed by atoms with Crippen molar-refractivity contribution in [2.24, 2.45) is 5.73 Å². The normalized spacial score (nSPS) is 16.6. The maximum Gasteiger partial charge on any atom is 0.280 e. The lowest BCUT2D eigenvalue weighted by Gasteiger charge is -2.34. The van der Waals surface area contributed by atoms with Gasteiger partial charge >= 0.3 is 0 Å². The van der Waals surface area contributed by atoms with E-state index in [0.717, 1.165) is 19.3 Å². The average Bonchev–Trinajstić information content (AvgIpc) is 3.04. The van der Waals surface area contributed by atoms with Crippen molar-refractivity contribution >= 4 is 18.1 Å². The molecule has 0 aromatic carbocycles.